The van der Waals surface area contributed by atoms with Crippen molar-refractivity contribution < 1.29 is 9.28 Å². The molecule has 0 saturated heterocycles. The largest absolute Gasteiger partial charge is 0.326 e. The molecule has 0 rings (SSSR count). The molecular formula is C12H25N2O+. The van der Waals surface area contributed by atoms with Crippen LogP contribution in [0.25, 0.3) is 0 Å². The fourth-order valence-corrected chi connectivity index (χ4v) is 1.10. The van der Waals surface area contributed by atoms with Gasteiger partial charge in [-0.25, -0.2) is 0 Å². The van der Waals surface area contributed by atoms with Crippen molar-refractivity contribution in [3.63, 3.8) is 0 Å². The van der Waals surface area contributed by atoms with Crippen molar-refractivity contribution in [1.82, 2.24) is 5.32 Å². The standard InChI is InChI=1S/C12H24N2O/c1-8-12(3,4)11(15)13-10(2)9-14(5,6)7/h2,8-9H2,1,3-7H3/p+1. The molecule has 0 unspecified atom stereocenters. The lowest BCUT2D eigenvalue weighted by molar-refractivity contribution is -0.865. The fourth-order valence-electron chi connectivity index (χ4n) is 1.10. The molecule has 3 heteroatoms. The first-order chi connectivity index (χ1) is 6.58. The lowest BCUT2D eigenvalue weighted by Gasteiger charge is -2.27. The molecule has 3 nitrogen and oxygen atoms in total. The van der Waals surface area contributed by atoms with E-state index in [4.69, 9.17) is 0 Å². The molecule has 0 aliphatic rings. The molecular weight excluding hydrogens is 188 g/mol. The first-order valence-electron chi connectivity index (χ1n) is 5.38. The Morgan fingerprint density at radius 2 is 1.80 bits per heavy atom. The van der Waals surface area contributed by atoms with E-state index in [1.807, 2.05) is 20.8 Å². The normalized spacial score (nSPS) is 12.4. The summed E-state index contributed by atoms with van der Waals surface area (Å²) in [5.41, 5.74) is 0.474. The zero-order valence-corrected chi connectivity index (χ0v) is 11.0. The van der Waals surface area contributed by atoms with Crippen LogP contribution in [0.3, 0.4) is 0 Å². The second kappa shape index (κ2) is 4.79. The maximum absolute atomic E-state index is 11.8. The highest BCUT2D eigenvalue weighted by molar-refractivity contribution is 5.83. The van der Waals surface area contributed by atoms with Crippen LogP contribution in [0.1, 0.15) is 27.2 Å². The van der Waals surface area contributed by atoms with Crippen molar-refractivity contribution in [2.45, 2.75) is 27.2 Å². The number of likely N-dealkylation sites (N-methyl/N-ethyl adjacent to an activating group) is 1. The van der Waals surface area contributed by atoms with Gasteiger partial charge in [-0.15, -0.1) is 0 Å². The monoisotopic (exact) mass is 213 g/mol. The van der Waals surface area contributed by atoms with E-state index >= 15 is 0 Å². The van der Waals surface area contributed by atoms with Gasteiger partial charge in [0.15, 0.2) is 0 Å². The zero-order valence-electron chi connectivity index (χ0n) is 11.0. The quantitative estimate of drug-likeness (QED) is 0.693. The van der Waals surface area contributed by atoms with Crippen molar-refractivity contribution in [1.29, 1.82) is 0 Å². The SMILES string of the molecule is C=C(C[N+](C)(C)C)NC(=O)C(C)(C)CC. The minimum Gasteiger partial charge on any atom is -0.326 e. The number of hydrogen-bond acceptors (Lipinski definition) is 1. The van der Waals surface area contributed by atoms with Gasteiger partial charge < -0.3 is 9.80 Å². The molecule has 0 aliphatic heterocycles. The van der Waals surface area contributed by atoms with Crippen LogP contribution < -0.4 is 5.32 Å². The summed E-state index contributed by atoms with van der Waals surface area (Å²) in [5.74, 6) is 0.0588. The van der Waals surface area contributed by atoms with Crippen molar-refractivity contribution in [2.75, 3.05) is 27.7 Å². The summed E-state index contributed by atoms with van der Waals surface area (Å²) >= 11 is 0. The van der Waals surface area contributed by atoms with Crippen LogP contribution in [0, 0.1) is 5.41 Å². The number of carbonyl (C=O) groups excluding carboxylic acids is 1. The molecule has 1 N–H and O–H groups in total. The van der Waals surface area contributed by atoms with E-state index in [1.54, 1.807) is 0 Å². The Hall–Kier alpha value is -0.830. The topological polar surface area (TPSA) is 29.1 Å². The van der Waals surface area contributed by atoms with Gasteiger partial charge in [0.2, 0.25) is 5.91 Å². The predicted octanol–water partition coefficient (Wildman–Crippen LogP) is 1.76. The maximum atomic E-state index is 11.8. The molecule has 0 spiro atoms. The summed E-state index contributed by atoms with van der Waals surface area (Å²) < 4.78 is 0.770. The van der Waals surface area contributed by atoms with Gasteiger partial charge in [0.1, 0.15) is 6.54 Å². The molecule has 0 atom stereocenters. The number of nitrogens with one attached hydrogen (secondary N) is 1. The van der Waals surface area contributed by atoms with E-state index in [1.165, 1.54) is 0 Å². The molecule has 0 aliphatic carbocycles. The van der Waals surface area contributed by atoms with Crippen molar-refractivity contribution in [3.8, 4) is 0 Å². The minimum absolute atomic E-state index is 0.0588. The van der Waals surface area contributed by atoms with Gasteiger partial charge in [0.05, 0.1) is 26.8 Å². The van der Waals surface area contributed by atoms with Crippen LogP contribution in [-0.2, 0) is 4.79 Å². The Bertz CT molecular complexity index is 249. The highest BCUT2D eigenvalue weighted by Gasteiger charge is 2.26. The van der Waals surface area contributed by atoms with Gasteiger partial charge in [-0.2, -0.15) is 0 Å². The van der Waals surface area contributed by atoms with Crippen molar-refractivity contribution in [2.24, 2.45) is 5.41 Å². The number of amides is 1. The molecule has 0 saturated carbocycles. The van der Waals surface area contributed by atoms with E-state index < -0.39 is 0 Å². The summed E-state index contributed by atoms with van der Waals surface area (Å²) in [6.45, 7) is 10.5. The van der Waals surface area contributed by atoms with Crippen molar-refractivity contribution in [3.05, 3.63) is 12.3 Å². The molecule has 0 heterocycles. The van der Waals surface area contributed by atoms with Crippen LogP contribution in [-0.4, -0.2) is 38.1 Å². The Morgan fingerprint density at radius 1 is 1.33 bits per heavy atom. The minimum atomic E-state index is -0.312. The average molecular weight is 213 g/mol. The first kappa shape index (κ1) is 14.2. The second-order valence-corrected chi connectivity index (χ2v) is 5.74. The molecule has 0 aromatic carbocycles. The molecule has 0 radical (unpaired) electrons. The lowest BCUT2D eigenvalue weighted by Crippen LogP contribution is -2.43. The molecule has 0 fully saturated rings. The van der Waals surface area contributed by atoms with E-state index in [2.05, 4.69) is 33.0 Å². The summed E-state index contributed by atoms with van der Waals surface area (Å²) in [6.07, 6.45) is 0.830. The average Bonchev–Trinajstić information content (AvgIpc) is 2.00. The molecule has 0 aromatic heterocycles. The van der Waals surface area contributed by atoms with Crippen LogP contribution in [0.5, 0.6) is 0 Å². The number of carbonyl (C=O) groups is 1. The predicted molar refractivity (Wildman–Crippen MR) is 64.3 cm³/mol. The smallest absolute Gasteiger partial charge is 0.229 e. The van der Waals surface area contributed by atoms with Crippen LogP contribution in [0.4, 0.5) is 0 Å². The zero-order chi connectivity index (χ0) is 12.3. The highest BCUT2D eigenvalue weighted by atomic mass is 16.2. The van der Waals surface area contributed by atoms with Gasteiger partial charge >= 0.3 is 0 Å². The summed E-state index contributed by atoms with van der Waals surface area (Å²) in [5, 5.41) is 2.88. The Kier molecular flexibility index (Phi) is 4.53. The Morgan fingerprint density at radius 3 is 2.13 bits per heavy atom. The lowest BCUT2D eigenvalue weighted by atomic mass is 9.89. The van der Waals surface area contributed by atoms with Crippen LogP contribution in [0.15, 0.2) is 12.3 Å². The van der Waals surface area contributed by atoms with E-state index in [9.17, 15) is 4.79 Å². The number of hydrogen-bond donors (Lipinski definition) is 1. The third-order valence-electron chi connectivity index (χ3n) is 2.45. The second-order valence-electron chi connectivity index (χ2n) is 5.74. The summed E-state index contributed by atoms with van der Waals surface area (Å²) in [7, 11) is 6.22. The summed E-state index contributed by atoms with van der Waals surface area (Å²) in [6, 6.07) is 0. The summed E-state index contributed by atoms with van der Waals surface area (Å²) in [4.78, 5) is 11.8. The maximum Gasteiger partial charge on any atom is 0.229 e. The van der Waals surface area contributed by atoms with Gasteiger partial charge in [0, 0.05) is 5.41 Å². The van der Waals surface area contributed by atoms with Crippen LogP contribution in [0.2, 0.25) is 0 Å². The molecule has 15 heavy (non-hydrogen) atoms. The Labute approximate surface area is 93.7 Å². The van der Waals surface area contributed by atoms with E-state index in [0.717, 1.165) is 23.1 Å². The third-order valence-corrected chi connectivity index (χ3v) is 2.45. The van der Waals surface area contributed by atoms with E-state index in [-0.39, 0.29) is 11.3 Å². The highest BCUT2D eigenvalue weighted by Crippen LogP contribution is 2.19. The number of rotatable bonds is 5. The fraction of sp³-hybridized carbons (Fsp3) is 0.750. The van der Waals surface area contributed by atoms with E-state index in [0.29, 0.717) is 0 Å². The van der Waals surface area contributed by atoms with Gasteiger partial charge in [-0.3, -0.25) is 4.79 Å². The molecule has 0 aromatic rings. The van der Waals surface area contributed by atoms with Gasteiger partial charge in [-0.1, -0.05) is 27.4 Å². The molecule has 0 bridgehead atoms. The Balaban J connectivity index is 4.26. The first-order valence-corrected chi connectivity index (χ1v) is 5.38. The van der Waals surface area contributed by atoms with Gasteiger partial charge in [-0.05, 0) is 6.42 Å². The number of quaternary nitrogens is 1. The number of nitrogens with zero attached hydrogens (tertiary/aromatic N) is 1. The van der Waals surface area contributed by atoms with Crippen molar-refractivity contribution >= 4 is 5.91 Å². The third kappa shape index (κ3) is 5.57. The van der Waals surface area contributed by atoms with Gasteiger partial charge in [0.25, 0.3) is 0 Å². The molecule has 88 valence electrons. The molecule has 1 amide bonds. The van der Waals surface area contributed by atoms with Crippen LogP contribution >= 0.6 is 0 Å².